The fourth-order valence-electron chi connectivity index (χ4n) is 2.84. The summed E-state index contributed by atoms with van der Waals surface area (Å²) in [6, 6.07) is 5.80. The van der Waals surface area contributed by atoms with Crippen LogP contribution < -0.4 is 15.8 Å². The Labute approximate surface area is 208 Å². The summed E-state index contributed by atoms with van der Waals surface area (Å²) in [5.41, 5.74) is 8.04. The molecule has 0 saturated heterocycles. The average molecular weight is 582 g/mol. The van der Waals surface area contributed by atoms with Gasteiger partial charge in [-0.15, -0.1) is 4.91 Å². The molecule has 1 aromatic carbocycles. The molecule has 2 rings (SSSR count). The van der Waals surface area contributed by atoms with Gasteiger partial charge in [0.15, 0.2) is 5.75 Å². The molecular weight excluding hydrogens is 559 g/mol. The van der Waals surface area contributed by atoms with E-state index in [1.54, 1.807) is 31.3 Å². The van der Waals surface area contributed by atoms with Crippen molar-refractivity contribution in [3.8, 4) is 5.75 Å². The van der Waals surface area contributed by atoms with Gasteiger partial charge >= 0.3 is 0 Å². The first kappa shape index (κ1) is 26.3. The highest BCUT2D eigenvalue weighted by Crippen LogP contribution is 2.34. The van der Waals surface area contributed by atoms with E-state index in [9.17, 15) is 9.30 Å². The maximum atomic E-state index is 14.2. The Balaban J connectivity index is 2.44. The Morgan fingerprint density at radius 1 is 1.42 bits per heavy atom. The predicted molar refractivity (Wildman–Crippen MR) is 137 cm³/mol. The van der Waals surface area contributed by atoms with Crippen LogP contribution in [0.1, 0.15) is 31.1 Å². The second kappa shape index (κ2) is 12.9. The van der Waals surface area contributed by atoms with Crippen LogP contribution in [0.4, 0.5) is 10.2 Å². The lowest BCUT2D eigenvalue weighted by atomic mass is 9.99. The van der Waals surface area contributed by atoms with Crippen molar-refractivity contribution in [2.24, 2.45) is 15.9 Å². The first-order chi connectivity index (χ1) is 15.8. The van der Waals surface area contributed by atoms with Crippen molar-refractivity contribution in [2.75, 3.05) is 13.1 Å². The third-order valence-corrected chi connectivity index (χ3v) is 5.00. The van der Waals surface area contributed by atoms with Crippen LogP contribution in [-0.2, 0) is 0 Å². The number of nitrogens with one attached hydrogen (secondary N) is 2. The molecule has 0 fully saturated rings. The zero-order valence-corrected chi connectivity index (χ0v) is 21.2. The number of aliphatic imine (C=N–C) groups is 1. The van der Waals surface area contributed by atoms with Gasteiger partial charge in [-0.2, -0.15) is 0 Å². The quantitative estimate of drug-likeness (QED) is 0.230. The topological polar surface area (TPSA) is 126 Å². The second-order valence-corrected chi connectivity index (χ2v) is 8.46. The zero-order chi connectivity index (χ0) is 24.4. The molecule has 33 heavy (non-hydrogen) atoms. The molecule has 1 atom stereocenters. The predicted octanol–water partition coefficient (Wildman–Crippen LogP) is 5.76. The minimum absolute atomic E-state index is 0.109. The Kier molecular flexibility index (Phi) is 10.3. The lowest BCUT2D eigenvalue weighted by Crippen LogP contribution is -2.20. The normalized spacial score (nSPS) is 13.1. The van der Waals surface area contributed by atoms with E-state index in [-0.39, 0.29) is 16.2 Å². The van der Waals surface area contributed by atoms with Crippen LogP contribution in [0.3, 0.4) is 0 Å². The average Bonchev–Trinajstić information content (AvgIpc) is 2.78. The van der Waals surface area contributed by atoms with E-state index < -0.39 is 11.9 Å². The number of nitroso groups, excluding NO2 is 1. The molecule has 0 aliphatic carbocycles. The Morgan fingerprint density at radius 2 is 2.18 bits per heavy atom. The van der Waals surface area contributed by atoms with Crippen LogP contribution in [0.15, 0.2) is 63.0 Å². The number of nitrogens with two attached hydrogens (primary N) is 1. The number of rotatable bonds is 11. The first-order valence-corrected chi connectivity index (χ1v) is 11.4. The van der Waals surface area contributed by atoms with Gasteiger partial charge in [0.25, 0.3) is 0 Å². The van der Waals surface area contributed by atoms with Crippen LogP contribution in [0.5, 0.6) is 5.75 Å². The van der Waals surface area contributed by atoms with Gasteiger partial charge in [0.1, 0.15) is 11.9 Å². The van der Waals surface area contributed by atoms with E-state index >= 15 is 0 Å². The molecule has 174 valence electrons. The van der Waals surface area contributed by atoms with Gasteiger partial charge < -0.3 is 15.8 Å². The molecule has 4 N–H and O–H groups in total. The van der Waals surface area contributed by atoms with E-state index in [0.29, 0.717) is 34.4 Å². The minimum Gasteiger partial charge on any atom is -0.482 e. The summed E-state index contributed by atoms with van der Waals surface area (Å²) < 4.78 is 20.8. The Morgan fingerprint density at radius 3 is 2.82 bits per heavy atom. The fourth-order valence-corrected chi connectivity index (χ4v) is 3.38. The summed E-state index contributed by atoms with van der Waals surface area (Å²) in [6.45, 7) is 4.57. The molecule has 0 radical (unpaired) electrons. The van der Waals surface area contributed by atoms with Crippen molar-refractivity contribution in [3.63, 3.8) is 0 Å². The van der Waals surface area contributed by atoms with Crippen molar-refractivity contribution in [3.05, 3.63) is 74.6 Å². The monoisotopic (exact) mass is 580 g/mol. The number of pyridine rings is 1. The summed E-state index contributed by atoms with van der Waals surface area (Å²) in [5.74, 6) is -0.429. The van der Waals surface area contributed by atoms with Gasteiger partial charge in [-0.3, -0.25) is 10.4 Å². The van der Waals surface area contributed by atoms with Gasteiger partial charge in [0.05, 0.1) is 4.62 Å². The largest absolute Gasteiger partial charge is 0.482 e. The summed E-state index contributed by atoms with van der Waals surface area (Å²) in [4.78, 5) is 19.2. The third-order valence-electron chi connectivity index (χ3n) is 4.34. The summed E-state index contributed by atoms with van der Waals surface area (Å²) in [5, 5.41) is 14.0. The molecular formula is C22H23Br2FN6O2. The van der Waals surface area contributed by atoms with Gasteiger partial charge in [-0.1, -0.05) is 0 Å². The molecule has 0 saturated carbocycles. The van der Waals surface area contributed by atoms with Crippen LogP contribution in [-0.4, -0.2) is 28.9 Å². The van der Waals surface area contributed by atoms with Crippen molar-refractivity contribution in [1.82, 2.24) is 10.3 Å². The zero-order valence-electron chi connectivity index (χ0n) is 18.0. The van der Waals surface area contributed by atoms with Gasteiger partial charge in [0.2, 0.25) is 5.82 Å². The molecule has 0 bridgehead atoms. The van der Waals surface area contributed by atoms with Crippen LogP contribution in [0.2, 0.25) is 0 Å². The first-order valence-electron chi connectivity index (χ1n) is 9.84. The number of allylic oxidation sites excluding steroid dienone is 1. The highest BCUT2D eigenvalue weighted by Gasteiger charge is 2.19. The van der Waals surface area contributed by atoms with Crippen LogP contribution in [0, 0.1) is 16.1 Å². The number of ether oxygens (including phenoxy) is 1. The van der Waals surface area contributed by atoms with E-state index in [0.717, 1.165) is 5.57 Å². The Bertz CT molecular complexity index is 1100. The molecule has 11 heteroatoms. The highest BCUT2D eigenvalue weighted by atomic mass is 79.9. The molecule has 0 aliphatic heterocycles. The molecule has 1 aromatic heterocycles. The van der Waals surface area contributed by atoms with Crippen molar-refractivity contribution in [2.45, 2.75) is 20.0 Å². The van der Waals surface area contributed by atoms with Crippen LogP contribution in [0.25, 0.3) is 5.70 Å². The minimum atomic E-state index is -0.687. The summed E-state index contributed by atoms with van der Waals surface area (Å²) in [6.07, 6.45) is 5.39. The number of hydrogen-bond donors (Lipinski definition) is 3. The highest BCUT2D eigenvalue weighted by molar-refractivity contribution is 9.18. The molecule has 0 unspecified atom stereocenters. The third kappa shape index (κ3) is 7.86. The standard InChI is InChI=1S/C22H23Br2FN6O2/c1-3-28-10-14(9-26)11-29-19(8-21(24)27)17-5-4-16(25)7-18(17)13(2)33-20-6-15(23)12-30-22(20)31-32/h4-10,12-13,27,29H,3,11,26H2,1-2H3/b14-9?,19-8-,27-21?,28-10?/t13-/m1/s1. The second-order valence-electron chi connectivity index (χ2n) is 6.69. The van der Waals surface area contributed by atoms with Gasteiger partial charge in [-0.05, 0) is 81.2 Å². The van der Waals surface area contributed by atoms with Gasteiger partial charge in [-0.25, -0.2) is 9.37 Å². The number of nitrogens with zero attached hydrogens (tertiary/aromatic N) is 3. The number of benzene rings is 1. The number of aromatic nitrogens is 1. The lowest BCUT2D eigenvalue weighted by Gasteiger charge is -2.21. The Hall–Kier alpha value is -2.92. The summed E-state index contributed by atoms with van der Waals surface area (Å²) in [7, 11) is 0. The lowest BCUT2D eigenvalue weighted by molar-refractivity contribution is 0.226. The smallest absolute Gasteiger partial charge is 0.239 e. The molecule has 0 spiro atoms. The SMILES string of the molecule is CCN=CC(=CN)CN/C(=C\C(=N)Br)c1ccc(F)cc1[C@@H](C)Oc1cc(Br)cnc1N=O. The number of hydrogen-bond acceptors (Lipinski definition) is 8. The van der Waals surface area contributed by atoms with E-state index in [1.165, 1.54) is 24.5 Å². The van der Waals surface area contributed by atoms with E-state index in [1.807, 2.05) is 6.92 Å². The van der Waals surface area contributed by atoms with E-state index in [2.05, 4.69) is 52.3 Å². The molecule has 0 aliphatic rings. The summed E-state index contributed by atoms with van der Waals surface area (Å²) >= 11 is 6.42. The van der Waals surface area contributed by atoms with Crippen molar-refractivity contribution >= 4 is 54.2 Å². The fraction of sp³-hybridized carbons (Fsp3) is 0.227. The van der Waals surface area contributed by atoms with E-state index in [4.69, 9.17) is 15.9 Å². The van der Waals surface area contributed by atoms with Crippen LogP contribution >= 0.6 is 31.9 Å². The maximum Gasteiger partial charge on any atom is 0.239 e. The number of halogens is 3. The molecule has 2 aromatic rings. The molecule has 1 heterocycles. The van der Waals surface area contributed by atoms with Crippen molar-refractivity contribution in [1.29, 1.82) is 5.41 Å². The van der Waals surface area contributed by atoms with Crippen molar-refractivity contribution < 1.29 is 9.13 Å². The van der Waals surface area contributed by atoms with Gasteiger partial charge in [0, 0.05) is 58.6 Å². The molecule has 0 amide bonds. The maximum absolute atomic E-state index is 14.2. The molecule has 8 nitrogen and oxygen atoms in total.